The molecule has 1 heterocycles. The van der Waals surface area contributed by atoms with Gasteiger partial charge in [-0.2, -0.15) is 13.2 Å². The van der Waals surface area contributed by atoms with Gasteiger partial charge in [0.25, 0.3) is 0 Å². The number of halogens is 3. The molecule has 1 saturated heterocycles. The highest BCUT2D eigenvalue weighted by Crippen LogP contribution is 2.22. The monoisotopic (exact) mass is 431 g/mol. The number of likely N-dealkylation sites (tertiary alicyclic amines) is 1. The zero-order valence-electron chi connectivity index (χ0n) is 18.0. The van der Waals surface area contributed by atoms with E-state index in [1.54, 1.807) is 6.20 Å². The normalized spacial score (nSPS) is 16.3. The van der Waals surface area contributed by atoms with Crippen LogP contribution in [0.5, 0.6) is 5.75 Å². The third-order valence-corrected chi connectivity index (χ3v) is 4.78. The fourth-order valence-electron chi connectivity index (χ4n) is 3.20. The number of aliphatic hydroxyl groups excluding tert-OH is 1. The van der Waals surface area contributed by atoms with Gasteiger partial charge in [-0.25, -0.2) is 0 Å². The lowest BCUT2D eigenvalue weighted by molar-refractivity contribution is -0.138. The molecule has 0 saturated carbocycles. The molecule has 0 amide bonds. The SMILES string of the molecule is C=CNc1cccc(OCC(O)CNCC2CCN(CCC(F)(F)F)CC2)c1.CC. The van der Waals surface area contributed by atoms with Crippen LogP contribution < -0.4 is 15.4 Å². The maximum Gasteiger partial charge on any atom is 0.390 e. The first kappa shape index (κ1) is 26.3. The number of nitrogens with one attached hydrogen (secondary N) is 2. The number of nitrogens with zero attached hydrogens (tertiary/aromatic N) is 1. The Morgan fingerprint density at radius 1 is 1.30 bits per heavy atom. The van der Waals surface area contributed by atoms with E-state index in [0.717, 1.165) is 25.1 Å². The molecule has 172 valence electrons. The first-order valence-corrected chi connectivity index (χ1v) is 10.6. The summed E-state index contributed by atoms with van der Waals surface area (Å²) in [7, 11) is 0. The van der Waals surface area contributed by atoms with E-state index in [2.05, 4.69) is 17.2 Å². The fraction of sp³-hybridized carbons (Fsp3) is 0.636. The second kappa shape index (κ2) is 14.3. The third-order valence-electron chi connectivity index (χ3n) is 4.78. The minimum atomic E-state index is -4.08. The largest absolute Gasteiger partial charge is 0.491 e. The summed E-state index contributed by atoms with van der Waals surface area (Å²) in [5.74, 6) is 1.09. The van der Waals surface area contributed by atoms with Crippen molar-refractivity contribution in [2.45, 2.75) is 45.4 Å². The highest BCUT2D eigenvalue weighted by atomic mass is 19.4. The van der Waals surface area contributed by atoms with Gasteiger partial charge in [-0.05, 0) is 56.7 Å². The van der Waals surface area contributed by atoms with Crippen molar-refractivity contribution in [1.82, 2.24) is 10.2 Å². The lowest BCUT2D eigenvalue weighted by Gasteiger charge is -2.32. The molecule has 30 heavy (non-hydrogen) atoms. The van der Waals surface area contributed by atoms with E-state index in [0.29, 0.717) is 31.3 Å². The zero-order chi connectivity index (χ0) is 22.4. The van der Waals surface area contributed by atoms with Crippen LogP contribution in [0.2, 0.25) is 0 Å². The molecule has 0 radical (unpaired) electrons. The quantitative estimate of drug-likeness (QED) is 0.489. The summed E-state index contributed by atoms with van der Waals surface area (Å²) in [5.41, 5.74) is 0.863. The van der Waals surface area contributed by atoms with E-state index >= 15 is 0 Å². The molecule has 0 spiro atoms. The van der Waals surface area contributed by atoms with Gasteiger partial charge in [0.1, 0.15) is 18.5 Å². The molecule has 1 aliphatic rings. The van der Waals surface area contributed by atoms with Gasteiger partial charge >= 0.3 is 6.18 Å². The molecule has 2 rings (SSSR count). The molecule has 1 atom stereocenters. The van der Waals surface area contributed by atoms with E-state index in [-0.39, 0.29) is 13.2 Å². The number of ether oxygens (including phenoxy) is 1. The Bertz CT molecular complexity index is 591. The van der Waals surface area contributed by atoms with Crippen molar-refractivity contribution < 1.29 is 23.0 Å². The van der Waals surface area contributed by atoms with Crippen LogP contribution in [-0.2, 0) is 0 Å². The molecule has 1 aromatic rings. The van der Waals surface area contributed by atoms with Gasteiger partial charge in [-0.15, -0.1) is 0 Å². The van der Waals surface area contributed by atoms with Gasteiger partial charge in [-0.1, -0.05) is 26.5 Å². The number of piperidine rings is 1. The van der Waals surface area contributed by atoms with Crippen molar-refractivity contribution >= 4 is 5.69 Å². The number of alkyl halides is 3. The van der Waals surface area contributed by atoms with Crippen molar-refractivity contribution in [3.63, 3.8) is 0 Å². The molecule has 0 aliphatic carbocycles. The van der Waals surface area contributed by atoms with Gasteiger partial charge in [0.05, 0.1) is 6.42 Å². The summed E-state index contributed by atoms with van der Waals surface area (Å²) in [6.45, 7) is 10.4. The smallest absolute Gasteiger partial charge is 0.390 e. The van der Waals surface area contributed by atoms with Crippen molar-refractivity contribution in [3.05, 3.63) is 37.0 Å². The summed E-state index contributed by atoms with van der Waals surface area (Å²) in [6, 6.07) is 7.39. The second-order valence-electron chi connectivity index (χ2n) is 7.15. The maximum atomic E-state index is 12.3. The van der Waals surface area contributed by atoms with Crippen LogP contribution >= 0.6 is 0 Å². The van der Waals surface area contributed by atoms with Crippen molar-refractivity contribution in [2.75, 3.05) is 44.6 Å². The summed E-state index contributed by atoms with van der Waals surface area (Å²) in [4.78, 5) is 1.88. The first-order chi connectivity index (χ1) is 14.4. The Hall–Kier alpha value is -1.77. The number of hydrogen-bond acceptors (Lipinski definition) is 5. The first-order valence-electron chi connectivity index (χ1n) is 10.6. The van der Waals surface area contributed by atoms with Gasteiger partial charge < -0.3 is 25.4 Å². The number of anilines is 1. The van der Waals surface area contributed by atoms with Crippen LogP contribution in [0.1, 0.15) is 33.1 Å². The highest BCUT2D eigenvalue weighted by molar-refractivity contribution is 5.49. The van der Waals surface area contributed by atoms with Gasteiger partial charge in [0.2, 0.25) is 0 Å². The van der Waals surface area contributed by atoms with Crippen LogP contribution in [0, 0.1) is 5.92 Å². The molecule has 3 N–H and O–H groups in total. The zero-order valence-corrected chi connectivity index (χ0v) is 18.0. The van der Waals surface area contributed by atoms with E-state index in [4.69, 9.17) is 4.74 Å². The lowest BCUT2D eigenvalue weighted by atomic mass is 9.96. The van der Waals surface area contributed by atoms with Crippen LogP contribution in [0.3, 0.4) is 0 Å². The van der Waals surface area contributed by atoms with Crippen molar-refractivity contribution in [1.29, 1.82) is 0 Å². The molecule has 1 fully saturated rings. The lowest BCUT2D eigenvalue weighted by Crippen LogP contribution is -2.40. The molecule has 0 aromatic heterocycles. The maximum absolute atomic E-state index is 12.3. The van der Waals surface area contributed by atoms with E-state index in [9.17, 15) is 18.3 Å². The van der Waals surface area contributed by atoms with E-state index < -0.39 is 18.7 Å². The minimum Gasteiger partial charge on any atom is -0.491 e. The van der Waals surface area contributed by atoms with Gasteiger partial charge in [0, 0.05) is 24.8 Å². The number of rotatable bonds is 11. The minimum absolute atomic E-state index is 0.0865. The summed E-state index contributed by atoms with van der Waals surface area (Å²) in [6.07, 6.45) is -2.13. The Morgan fingerprint density at radius 3 is 2.63 bits per heavy atom. The average Bonchev–Trinajstić information content (AvgIpc) is 2.73. The topological polar surface area (TPSA) is 56.8 Å². The van der Waals surface area contributed by atoms with Crippen LogP contribution in [0.4, 0.5) is 18.9 Å². The van der Waals surface area contributed by atoms with Crippen molar-refractivity contribution in [2.24, 2.45) is 5.92 Å². The molecule has 0 bridgehead atoms. The summed E-state index contributed by atoms with van der Waals surface area (Å²) >= 11 is 0. The molecular formula is C22H36F3N3O2. The van der Waals surface area contributed by atoms with E-state index in [1.807, 2.05) is 43.0 Å². The molecule has 1 unspecified atom stereocenters. The number of hydrogen-bond donors (Lipinski definition) is 3. The van der Waals surface area contributed by atoms with E-state index in [1.165, 1.54) is 0 Å². The Labute approximate surface area is 178 Å². The molecule has 8 heteroatoms. The standard InChI is InChI=1S/C20H30F3N3O2.C2H6/c1-2-25-17-4-3-5-19(12-17)28-15-18(27)14-24-13-16-6-9-26(10-7-16)11-8-20(21,22)23;1-2/h2-5,12,16,18,24-25,27H,1,6-11,13-15H2;1-2H3. The van der Waals surface area contributed by atoms with Crippen LogP contribution in [-0.4, -0.2) is 61.6 Å². The highest BCUT2D eigenvalue weighted by Gasteiger charge is 2.29. The Balaban J connectivity index is 0.00000218. The summed E-state index contributed by atoms with van der Waals surface area (Å²) in [5, 5.41) is 16.3. The van der Waals surface area contributed by atoms with Crippen LogP contribution in [0.25, 0.3) is 0 Å². The summed E-state index contributed by atoms with van der Waals surface area (Å²) < 4.78 is 42.4. The molecular weight excluding hydrogens is 395 g/mol. The number of benzene rings is 1. The number of aliphatic hydroxyl groups is 1. The van der Waals surface area contributed by atoms with Crippen molar-refractivity contribution in [3.8, 4) is 5.75 Å². The fourth-order valence-corrected chi connectivity index (χ4v) is 3.20. The second-order valence-corrected chi connectivity index (χ2v) is 7.15. The Morgan fingerprint density at radius 2 is 2.00 bits per heavy atom. The third kappa shape index (κ3) is 11.4. The van der Waals surface area contributed by atoms with Gasteiger partial charge in [0.15, 0.2) is 0 Å². The van der Waals surface area contributed by atoms with Crippen LogP contribution in [0.15, 0.2) is 37.0 Å². The predicted octanol–water partition coefficient (Wildman–Crippen LogP) is 4.26. The molecule has 1 aliphatic heterocycles. The van der Waals surface area contributed by atoms with Gasteiger partial charge in [-0.3, -0.25) is 0 Å². The predicted molar refractivity (Wildman–Crippen MR) is 116 cm³/mol. The molecule has 1 aromatic carbocycles. The Kier molecular flexibility index (Phi) is 12.5. The average molecular weight is 432 g/mol. The molecule has 5 nitrogen and oxygen atoms in total.